The number of aryl methyl sites for hydroxylation is 1. The predicted molar refractivity (Wildman–Crippen MR) is 98.7 cm³/mol. The minimum Gasteiger partial charge on any atom is -0.493 e. The molecule has 0 aliphatic heterocycles. The molecule has 0 spiro atoms. The summed E-state index contributed by atoms with van der Waals surface area (Å²) in [6, 6.07) is 11.9. The Labute approximate surface area is 156 Å². The first-order valence-corrected chi connectivity index (χ1v) is 8.26. The van der Waals surface area contributed by atoms with Crippen LogP contribution in [0, 0.1) is 24.0 Å². The van der Waals surface area contributed by atoms with Crippen molar-refractivity contribution in [2.24, 2.45) is 0 Å². The summed E-state index contributed by atoms with van der Waals surface area (Å²) in [5, 5.41) is 13.6. The number of hydrogen-bond acceptors (Lipinski definition) is 6. The van der Waals surface area contributed by atoms with E-state index in [1.54, 1.807) is 32.0 Å². The quantitative estimate of drug-likeness (QED) is 0.433. The molecule has 0 atom stereocenters. The molecule has 0 heterocycles. The number of carbonyl (C=O) groups is 2. The normalized spacial score (nSPS) is 10.1. The van der Waals surface area contributed by atoms with Crippen molar-refractivity contribution in [1.82, 2.24) is 0 Å². The van der Waals surface area contributed by atoms with Crippen molar-refractivity contribution in [3.8, 4) is 5.75 Å². The standard InChI is InChI=1S/C19H20N2O6/c1-13-8-9-16(21(24)25)19(14(13)2)20-17(22)12-27-18(23)10-11-26-15-6-4-3-5-7-15/h3-9H,10-12H2,1-2H3,(H,20,22). The maximum absolute atomic E-state index is 12.0. The van der Waals surface area contributed by atoms with Crippen molar-refractivity contribution in [2.75, 3.05) is 18.5 Å². The van der Waals surface area contributed by atoms with E-state index < -0.39 is 23.4 Å². The molecule has 0 aliphatic carbocycles. The van der Waals surface area contributed by atoms with E-state index in [0.29, 0.717) is 11.3 Å². The number of nitrogens with zero attached hydrogens (tertiary/aromatic N) is 1. The van der Waals surface area contributed by atoms with E-state index in [1.165, 1.54) is 6.07 Å². The molecule has 0 aromatic heterocycles. The van der Waals surface area contributed by atoms with Gasteiger partial charge in [0.2, 0.25) is 0 Å². The fourth-order valence-electron chi connectivity index (χ4n) is 2.27. The van der Waals surface area contributed by atoms with Gasteiger partial charge in [0.1, 0.15) is 11.4 Å². The zero-order chi connectivity index (χ0) is 19.8. The molecule has 1 amide bonds. The maximum Gasteiger partial charge on any atom is 0.309 e. The van der Waals surface area contributed by atoms with Gasteiger partial charge < -0.3 is 14.8 Å². The van der Waals surface area contributed by atoms with Crippen LogP contribution in [0.5, 0.6) is 5.75 Å². The largest absolute Gasteiger partial charge is 0.493 e. The Hall–Kier alpha value is -3.42. The first-order chi connectivity index (χ1) is 12.9. The molecule has 27 heavy (non-hydrogen) atoms. The van der Waals surface area contributed by atoms with Crippen LogP contribution in [0.4, 0.5) is 11.4 Å². The predicted octanol–water partition coefficient (Wildman–Crippen LogP) is 3.16. The molecule has 8 nitrogen and oxygen atoms in total. The highest BCUT2D eigenvalue weighted by molar-refractivity contribution is 5.96. The second kappa shape index (κ2) is 9.33. The topological polar surface area (TPSA) is 108 Å². The maximum atomic E-state index is 12.0. The molecule has 0 radical (unpaired) electrons. The highest BCUT2D eigenvalue weighted by atomic mass is 16.6. The van der Waals surface area contributed by atoms with E-state index in [-0.39, 0.29) is 24.4 Å². The Morgan fingerprint density at radius 2 is 1.81 bits per heavy atom. The zero-order valence-corrected chi connectivity index (χ0v) is 15.1. The molecule has 2 rings (SSSR count). The van der Waals surface area contributed by atoms with Crippen LogP contribution in [0.15, 0.2) is 42.5 Å². The number of nitro groups is 1. The zero-order valence-electron chi connectivity index (χ0n) is 15.1. The van der Waals surface area contributed by atoms with Gasteiger partial charge in [-0.2, -0.15) is 0 Å². The van der Waals surface area contributed by atoms with Crippen LogP contribution >= 0.6 is 0 Å². The average Bonchev–Trinajstić information content (AvgIpc) is 2.64. The summed E-state index contributed by atoms with van der Waals surface area (Å²) < 4.78 is 10.3. The van der Waals surface area contributed by atoms with E-state index >= 15 is 0 Å². The second-order valence-corrected chi connectivity index (χ2v) is 5.78. The Bertz CT molecular complexity index is 836. The van der Waals surface area contributed by atoms with Gasteiger partial charge >= 0.3 is 5.97 Å². The molecule has 0 aliphatic rings. The first-order valence-electron chi connectivity index (χ1n) is 8.26. The fourth-order valence-corrected chi connectivity index (χ4v) is 2.27. The van der Waals surface area contributed by atoms with Gasteiger partial charge in [0.15, 0.2) is 6.61 Å². The molecule has 2 aromatic rings. The van der Waals surface area contributed by atoms with Gasteiger partial charge in [0, 0.05) is 6.07 Å². The molecule has 142 valence electrons. The third kappa shape index (κ3) is 5.81. The molecular formula is C19H20N2O6. The Morgan fingerprint density at radius 3 is 2.48 bits per heavy atom. The van der Waals surface area contributed by atoms with Gasteiger partial charge in [-0.05, 0) is 37.1 Å². The molecule has 0 saturated heterocycles. The van der Waals surface area contributed by atoms with Gasteiger partial charge in [0.05, 0.1) is 18.0 Å². The third-order valence-electron chi connectivity index (χ3n) is 3.86. The van der Waals surface area contributed by atoms with Gasteiger partial charge in [-0.25, -0.2) is 0 Å². The Kier molecular flexibility index (Phi) is 6.87. The number of para-hydroxylation sites is 1. The summed E-state index contributed by atoms with van der Waals surface area (Å²) in [6.07, 6.45) is -0.0220. The number of ether oxygens (including phenoxy) is 2. The van der Waals surface area contributed by atoms with Crippen molar-refractivity contribution in [2.45, 2.75) is 20.3 Å². The lowest BCUT2D eigenvalue weighted by molar-refractivity contribution is -0.384. The smallest absolute Gasteiger partial charge is 0.309 e. The second-order valence-electron chi connectivity index (χ2n) is 5.78. The van der Waals surface area contributed by atoms with Crippen LogP contribution in [-0.4, -0.2) is 30.0 Å². The molecule has 2 aromatic carbocycles. The van der Waals surface area contributed by atoms with Crippen LogP contribution in [0.25, 0.3) is 0 Å². The molecular weight excluding hydrogens is 352 g/mol. The Morgan fingerprint density at radius 1 is 1.11 bits per heavy atom. The number of rotatable bonds is 8. The number of carbonyl (C=O) groups excluding carboxylic acids is 2. The van der Waals surface area contributed by atoms with Gasteiger partial charge in [0.25, 0.3) is 11.6 Å². The number of hydrogen-bond donors (Lipinski definition) is 1. The van der Waals surface area contributed by atoms with Crippen molar-refractivity contribution < 1.29 is 24.0 Å². The van der Waals surface area contributed by atoms with Crippen molar-refractivity contribution in [3.63, 3.8) is 0 Å². The van der Waals surface area contributed by atoms with E-state index in [0.717, 1.165) is 5.56 Å². The number of esters is 1. The van der Waals surface area contributed by atoms with E-state index in [1.807, 2.05) is 18.2 Å². The van der Waals surface area contributed by atoms with E-state index in [2.05, 4.69) is 5.32 Å². The number of amides is 1. The van der Waals surface area contributed by atoms with Crippen molar-refractivity contribution in [1.29, 1.82) is 0 Å². The summed E-state index contributed by atoms with van der Waals surface area (Å²) in [6.45, 7) is 3.04. The summed E-state index contributed by atoms with van der Waals surface area (Å²) in [7, 11) is 0. The number of benzene rings is 2. The summed E-state index contributed by atoms with van der Waals surface area (Å²) >= 11 is 0. The SMILES string of the molecule is Cc1ccc([N+](=O)[O-])c(NC(=O)COC(=O)CCOc2ccccc2)c1C. The monoisotopic (exact) mass is 372 g/mol. The van der Waals surface area contributed by atoms with Crippen LogP contribution in [0.3, 0.4) is 0 Å². The van der Waals surface area contributed by atoms with Crippen LogP contribution < -0.4 is 10.1 Å². The first kappa shape index (κ1) is 19.9. The van der Waals surface area contributed by atoms with Crippen molar-refractivity contribution >= 4 is 23.3 Å². The highest BCUT2D eigenvalue weighted by Crippen LogP contribution is 2.30. The van der Waals surface area contributed by atoms with Crippen molar-refractivity contribution in [3.05, 3.63) is 63.7 Å². The van der Waals surface area contributed by atoms with E-state index in [4.69, 9.17) is 9.47 Å². The molecule has 1 N–H and O–H groups in total. The number of nitro benzene ring substituents is 1. The van der Waals surface area contributed by atoms with Gasteiger partial charge in [-0.1, -0.05) is 24.3 Å². The summed E-state index contributed by atoms with van der Waals surface area (Å²) in [4.78, 5) is 34.3. The molecule has 0 saturated carbocycles. The minimum atomic E-state index is -0.649. The van der Waals surface area contributed by atoms with Gasteiger partial charge in [-0.3, -0.25) is 19.7 Å². The molecule has 0 unspecified atom stereocenters. The van der Waals surface area contributed by atoms with Crippen LogP contribution in [-0.2, 0) is 14.3 Å². The number of anilines is 1. The lowest BCUT2D eigenvalue weighted by Gasteiger charge is -2.11. The van der Waals surface area contributed by atoms with Crippen LogP contribution in [0.2, 0.25) is 0 Å². The summed E-state index contributed by atoms with van der Waals surface area (Å²) in [5.41, 5.74) is 1.27. The Balaban J connectivity index is 1.83. The number of nitrogens with one attached hydrogen (secondary N) is 1. The fraction of sp³-hybridized carbons (Fsp3) is 0.263. The van der Waals surface area contributed by atoms with Crippen LogP contribution in [0.1, 0.15) is 17.5 Å². The summed E-state index contributed by atoms with van der Waals surface area (Å²) in [5.74, 6) is -0.619. The lowest BCUT2D eigenvalue weighted by Crippen LogP contribution is -2.22. The van der Waals surface area contributed by atoms with E-state index in [9.17, 15) is 19.7 Å². The molecule has 0 bridgehead atoms. The third-order valence-corrected chi connectivity index (χ3v) is 3.86. The van der Waals surface area contributed by atoms with Gasteiger partial charge in [-0.15, -0.1) is 0 Å². The lowest BCUT2D eigenvalue weighted by atomic mass is 10.1. The highest BCUT2D eigenvalue weighted by Gasteiger charge is 2.20. The average molecular weight is 372 g/mol. The molecule has 0 fully saturated rings. The minimum absolute atomic E-state index is 0.0220. The molecule has 8 heteroatoms.